The number of aromatic nitrogens is 2. The Bertz CT molecular complexity index is 401. The van der Waals surface area contributed by atoms with Gasteiger partial charge in [-0.3, -0.25) is 4.68 Å². The number of rotatable bonds is 10. The molecule has 0 aliphatic heterocycles. The molecule has 1 unspecified atom stereocenters. The van der Waals surface area contributed by atoms with Crippen molar-refractivity contribution in [2.24, 2.45) is 5.73 Å². The number of hydrogen-bond acceptors (Lipinski definition) is 5. The first kappa shape index (κ1) is 17.9. The van der Waals surface area contributed by atoms with E-state index in [4.69, 9.17) is 10.5 Å². The molecular weight excluding hydrogens is 266 g/mol. The first-order chi connectivity index (χ1) is 10.0. The van der Waals surface area contributed by atoms with Gasteiger partial charge in [-0.1, -0.05) is 13.8 Å². The van der Waals surface area contributed by atoms with E-state index in [9.17, 15) is 0 Å². The second-order valence-electron chi connectivity index (χ2n) is 5.55. The molecule has 0 saturated heterocycles. The highest BCUT2D eigenvalue weighted by atomic mass is 16.5. The molecule has 122 valence electrons. The van der Waals surface area contributed by atoms with Gasteiger partial charge in [-0.05, 0) is 40.2 Å². The fourth-order valence-corrected chi connectivity index (χ4v) is 2.38. The standard InChI is InChI=1S/C15H31N5O/c1-6-19(7-2)9-8-13(16)15-14(21-5)12-17-20(15)11-10-18(3)4/h12-13H,6-11,16H2,1-5H3. The molecule has 1 rings (SSSR count). The topological polar surface area (TPSA) is 59.5 Å². The first-order valence-electron chi connectivity index (χ1n) is 7.75. The monoisotopic (exact) mass is 297 g/mol. The Morgan fingerprint density at radius 2 is 1.95 bits per heavy atom. The van der Waals surface area contributed by atoms with Crippen molar-refractivity contribution in [2.45, 2.75) is 32.9 Å². The van der Waals surface area contributed by atoms with Gasteiger partial charge in [0.25, 0.3) is 0 Å². The van der Waals surface area contributed by atoms with E-state index < -0.39 is 0 Å². The molecule has 0 bridgehead atoms. The van der Waals surface area contributed by atoms with Crippen LogP contribution >= 0.6 is 0 Å². The molecule has 0 fully saturated rings. The third kappa shape index (κ3) is 5.30. The summed E-state index contributed by atoms with van der Waals surface area (Å²) in [6.07, 6.45) is 2.67. The van der Waals surface area contributed by atoms with E-state index in [2.05, 4.69) is 42.8 Å². The van der Waals surface area contributed by atoms with Crippen LogP contribution < -0.4 is 10.5 Å². The van der Waals surface area contributed by atoms with Crippen LogP contribution in [0.4, 0.5) is 0 Å². The van der Waals surface area contributed by atoms with Gasteiger partial charge >= 0.3 is 0 Å². The van der Waals surface area contributed by atoms with E-state index in [0.29, 0.717) is 0 Å². The summed E-state index contributed by atoms with van der Waals surface area (Å²) in [4.78, 5) is 4.52. The number of nitrogens with zero attached hydrogens (tertiary/aromatic N) is 4. The minimum absolute atomic E-state index is 0.0507. The third-order valence-corrected chi connectivity index (χ3v) is 3.83. The lowest BCUT2D eigenvalue weighted by Gasteiger charge is -2.22. The van der Waals surface area contributed by atoms with Crippen molar-refractivity contribution in [3.8, 4) is 5.75 Å². The van der Waals surface area contributed by atoms with E-state index in [-0.39, 0.29) is 6.04 Å². The lowest BCUT2D eigenvalue weighted by atomic mass is 10.1. The van der Waals surface area contributed by atoms with Gasteiger partial charge in [0.15, 0.2) is 5.75 Å². The van der Waals surface area contributed by atoms with Crippen molar-refractivity contribution in [1.82, 2.24) is 19.6 Å². The van der Waals surface area contributed by atoms with E-state index >= 15 is 0 Å². The molecule has 1 aromatic rings. The van der Waals surface area contributed by atoms with Gasteiger partial charge in [-0.2, -0.15) is 5.10 Å². The Hall–Kier alpha value is -1.11. The van der Waals surface area contributed by atoms with Crippen molar-refractivity contribution in [1.29, 1.82) is 0 Å². The molecule has 0 aromatic carbocycles. The maximum Gasteiger partial charge on any atom is 0.161 e. The SMILES string of the molecule is CCN(CC)CCC(N)c1c(OC)cnn1CCN(C)C. The number of ether oxygens (including phenoxy) is 1. The second-order valence-corrected chi connectivity index (χ2v) is 5.55. The molecular formula is C15H31N5O. The second kappa shape index (κ2) is 9.02. The van der Waals surface area contributed by atoms with E-state index in [0.717, 1.165) is 50.6 Å². The van der Waals surface area contributed by atoms with Crippen molar-refractivity contribution >= 4 is 0 Å². The summed E-state index contributed by atoms with van der Waals surface area (Å²) in [5.74, 6) is 0.792. The Labute approximate surface area is 128 Å². The summed E-state index contributed by atoms with van der Waals surface area (Å²) in [6, 6.07) is -0.0507. The van der Waals surface area contributed by atoms with Crippen LogP contribution in [0.1, 0.15) is 32.0 Å². The van der Waals surface area contributed by atoms with Crippen LogP contribution in [0.15, 0.2) is 6.20 Å². The summed E-state index contributed by atoms with van der Waals surface area (Å²) in [5.41, 5.74) is 7.41. The van der Waals surface area contributed by atoms with E-state index in [1.807, 2.05) is 4.68 Å². The normalized spacial score (nSPS) is 13.1. The van der Waals surface area contributed by atoms with Crippen LogP contribution in [-0.4, -0.2) is 67.0 Å². The number of methoxy groups -OCH3 is 1. The van der Waals surface area contributed by atoms with Crippen molar-refractivity contribution in [2.75, 3.05) is 47.4 Å². The Balaban J connectivity index is 2.75. The number of hydrogen-bond donors (Lipinski definition) is 1. The van der Waals surface area contributed by atoms with Crippen LogP contribution in [0.3, 0.4) is 0 Å². The molecule has 1 atom stereocenters. The highest BCUT2D eigenvalue weighted by Crippen LogP contribution is 2.25. The van der Waals surface area contributed by atoms with E-state index in [1.54, 1.807) is 13.3 Å². The Morgan fingerprint density at radius 3 is 2.48 bits per heavy atom. The van der Waals surface area contributed by atoms with Crippen LogP contribution in [-0.2, 0) is 6.54 Å². The van der Waals surface area contributed by atoms with Crippen molar-refractivity contribution in [3.05, 3.63) is 11.9 Å². The minimum Gasteiger partial charge on any atom is -0.493 e. The minimum atomic E-state index is -0.0507. The Morgan fingerprint density at radius 1 is 1.29 bits per heavy atom. The van der Waals surface area contributed by atoms with Gasteiger partial charge in [0.2, 0.25) is 0 Å². The summed E-state index contributed by atoms with van der Waals surface area (Å²) >= 11 is 0. The molecule has 0 saturated carbocycles. The zero-order chi connectivity index (χ0) is 15.8. The van der Waals surface area contributed by atoms with Crippen LogP contribution in [0, 0.1) is 0 Å². The average molecular weight is 297 g/mol. The summed E-state index contributed by atoms with van der Waals surface area (Å²) in [7, 11) is 5.79. The first-order valence-corrected chi connectivity index (χ1v) is 7.75. The predicted molar refractivity (Wildman–Crippen MR) is 86.7 cm³/mol. The quantitative estimate of drug-likeness (QED) is 0.703. The van der Waals surface area contributed by atoms with Crippen LogP contribution in [0.5, 0.6) is 5.75 Å². The molecule has 2 N–H and O–H groups in total. The van der Waals surface area contributed by atoms with E-state index in [1.165, 1.54) is 0 Å². The highest BCUT2D eigenvalue weighted by Gasteiger charge is 2.19. The molecule has 0 spiro atoms. The van der Waals surface area contributed by atoms with Gasteiger partial charge in [0, 0.05) is 6.54 Å². The molecule has 21 heavy (non-hydrogen) atoms. The largest absolute Gasteiger partial charge is 0.493 e. The van der Waals surface area contributed by atoms with Crippen LogP contribution in [0.2, 0.25) is 0 Å². The van der Waals surface area contributed by atoms with Gasteiger partial charge < -0.3 is 20.3 Å². The molecule has 6 heteroatoms. The van der Waals surface area contributed by atoms with Crippen LogP contribution in [0.25, 0.3) is 0 Å². The predicted octanol–water partition coefficient (Wildman–Crippen LogP) is 1.19. The molecule has 0 radical (unpaired) electrons. The maximum atomic E-state index is 6.40. The smallest absolute Gasteiger partial charge is 0.161 e. The summed E-state index contributed by atoms with van der Waals surface area (Å²) < 4.78 is 7.40. The number of likely N-dealkylation sites (N-methyl/N-ethyl adjacent to an activating group) is 1. The molecule has 0 aliphatic rings. The van der Waals surface area contributed by atoms with Gasteiger partial charge in [0.05, 0.1) is 31.6 Å². The van der Waals surface area contributed by atoms with Gasteiger partial charge in [-0.25, -0.2) is 0 Å². The zero-order valence-corrected chi connectivity index (χ0v) is 14.2. The lowest BCUT2D eigenvalue weighted by Crippen LogP contribution is -2.28. The summed E-state index contributed by atoms with van der Waals surface area (Å²) in [5, 5.41) is 4.42. The fraction of sp³-hybridized carbons (Fsp3) is 0.800. The Kier molecular flexibility index (Phi) is 7.71. The van der Waals surface area contributed by atoms with Gasteiger partial charge in [0.1, 0.15) is 0 Å². The maximum absolute atomic E-state index is 6.40. The fourth-order valence-electron chi connectivity index (χ4n) is 2.38. The summed E-state index contributed by atoms with van der Waals surface area (Å²) in [6.45, 7) is 9.22. The lowest BCUT2D eigenvalue weighted by molar-refractivity contribution is 0.285. The molecule has 1 heterocycles. The number of nitrogens with two attached hydrogens (primary N) is 1. The zero-order valence-electron chi connectivity index (χ0n) is 14.2. The van der Waals surface area contributed by atoms with Gasteiger partial charge in [-0.15, -0.1) is 0 Å². The molecule has 0 amide bonds. The third-order valence-electron chi connectivity index (χ3n) is 3.83. The molecule has 1 aromatic heterocycles. The average Bonchev–Trinajstić information content (AvgIpc) is 2.88. The van der Waals surface area contributed by atoms with Crippen molar-refractivity contribution < 1.29 is 4.74 Å². The molecule has 6 nitrogen and oxygen atoms in total. The van der Waals surface area contributed by atoms with Crippen molar-refractivity contribution in [3.63, 3.8) is 0 Å². The molecule has 0 aliphatic carbocycles. The highest BCUT2D eigenvalue weighted by molar-refractivity contribution is 5.28.